The molecule has 1 atom stereocenters. The van der Waals surface area contributed by atoms with E-state index >= 15 is 0 Å². The van der Waals surface area contributed by atoms with E-state index in [0.717, 1.165) is 11.1 Å². The van der Waals surface area contributed by atoms with Crippen LogP contribution in [0.4, 0.5) is 0 Å². The van der Waals surface area contributed by atoms with Gasteiger partial charge in [0.25, 0.3) is 0 Å². The van der Waals surface area contributed by atoms with Gasteiger partial charge < -0.3 is 19.5 Å². The Balaban J connectivity index is 1.79. The van der Waals surface area contributed by atoms with Crippen molar-refractivity contribution in [1.82, 2.24) is 4.90 Å². The minimum absolute atomic E-state index is 0.0536. The topological polar surface area (TPSA) is 76.1 Å². The van der Waals surface area contributed by atoms with E-state index in [1.54, 1.807) is 4.90 Å². The van der Waals surface area contributed by atoms with E-state index in [2.05, 4.69) is 0 Å². The normalized spacial score (nSPS) is 27.9. The lowest BCUT2D eigenvalue weighted by Gasteiger charge is -2.35. The molecule has 1 aliphatic carbocycles. The monoisotopic (exact) mass is 313 g/mol. The maximum Gasteiger partial charge on any atom is 0.231 e. The van der Waals surface area contributed by atoms with Gasteiger partial charge in [0.15, 0.2) is 23.0 Å². The zero-order chi connectivity index (χ0) is 15.8. The van der Waals surface area contributed by atoms with Crippen LogP contribution in [0.15, 0.2) is 17.9 Å². The Kier molecular flexibility index (Phi) is 2.30. The molecule has 1 fully saturated rings. The Morgan fingerprint density at radius 3 is 2.74 bits per heavy atom. The van der Waals surface area contributed by atoms with Crippen LogP contribution >= 0.6 is 0 Å². The van der Waals surface area contributed by atoms with Crippen molar-refractivity contribution in [2.45, 2.75) is 31.2 Å². The van der Waals surface area contributed by atoms with Crippen molar-refractivity contribution in [2.75, 3.05) is 13.3 Å². The van der Waals surface area contributed by atoms with Gasteiger partial charge in [0.1, 0.15) is 0 Å². The standard InChI is InChI=1S/C17H15NO5/c19-11-7-17-3-1-14(20)18(17)4-2-9-5-12-13(23-8-22-12)6-10(9)15(17)16(11)21/h5-6,21H,1-4,7-8H2/t17-/m0/s1. The van der Waals surface area contributed by atoms with Crippen LogP contribution in [0.5, 0.6) is 11.5 Å². The third-order valence-electron chi connectivity index (χ3n) is 5.46. The van der Waals surface area contributed by atoms with Crippen molar-refractivity contribution in [3.05, 3.63) is 29.0 Å². The number of hydrogen-bond acceptors (Lipinski definition) is 5. The number of ether oxygens (including phenoxy) is 2. The van der Waals surface area contributed by atoms with Crippen LogP contribution in [0.3, 0.4) is 0 Å². The van der Waals surface area contributed by atoms with E-state index in [1.807, 2.05) is 12.1 Å². The van der Waals surface area contributed by atoms with Gasteiger partial charge in [0.2, 0.25) is 12.7 Å². The van der Waals surface area contributed by atoms with Crippen LogP contribution in [-0.2, 0) is 16.0 Å². The Morgan fingerprint density at radius 2 is 1.91 bits per heavy atom. The SMILES string of the molecule is O=C1C[C@]23CCC(=O)N2CCc2cc4c(cc2C3=C1O)OCO4. The predicted octanol–water partition coefficient (Wildman–Crippen LogP) is 1.57. The van der Waals surface area contributed by atoms with Crippen molar-refractivity contribution in [3.63, 3.8) is 0 Å². The molecule has 0 aromatic heterocycles. The number of aliphatic hydroxyl groups is 1. The molecule has 118 valence electrons. The smallest absolute Gasteiger partial charge is 0.231 e. The summed E-state index contributed by atoms with van der Waals surface area (Å²) in [6.45, 7) is 0.730. The number of aliphatic hydroxyl groups excluding tert-OH is 1. The van der Waals surface area contributed by atoms with E-state index < -0.39 is 5.54 Å². The number of hydrogen-bond donors (Lipinski definition) is 1. The van der Waals surface area contributed by atoms with Crippen LogP contribution in [0.2, 0.25) is 0 Å². The van der Waals surface area contributed by atoms with Gasteiger partial charge in [0, 0.05) is 25.0 Å². The van der Waals surface area contributed by atoms with E-state index in [9.17, 15) is 14.7 Å². The summed E-state index contributed by atoms with van der Waals surface area (Å²) < 4.78 is 10.9. The van der Waals surface area contributed by atoms with Crippen LogP contribution in [0.1, 0.15) is 30.4 Å². The number of carbonyl (C=O) groups excluding carboxylic acids is 2. The second-order valence-corrected chi connectivity index (χ2v) is 6.51. The first-order chi connectivity index (χ1) is 11.1. The molecule has 6 heteroatoms. The first kappa shape index (κ1) is 13.0. The fraction of sp³-hybridized carbons (Fsp3) is 0.412. The Hall–Kier alpha value is -2.50. The predicted molar refractivity (Wildman–Crippen MR) is 79.1 cm³/mol. The highest BCUT2D eigenvalue weighted by atomic mass is 16.7. The molecule has 1 aromatic carbocycles. The molecule has 23 heavy (non-hydrogen) atoms. The van der Waals surface area contributed by atoms with Gasteiger partial charge in [0.05, 0.1) is 5.54 Å². The molecule has 5 rings (SSSR count). The van der Waals surface area contributed by atoms with E-state index in [0.29, 0.717) is 42.9 Å². The molecule has 1 saturated heterocycles. The van der Waals surface area contributed by atoms with Crippen LogP contribution < -0.4 is 9.47 Å². The summed E-state index contributed by atoms with van der Waals surface area (Å²) in [6, 6.07) is 3.75. The maximum absolute atomic E-state index is 12.3. The molecule has 0 saturated carbocycles. The van der Waals surface area contributed by atoms with Crippen LogP contribution in [0, 0.1) is 0 Å². The number of fused-ring (bicyclic) bond motifs is 3. The van der Waals surface area contributed by atoms with Gasteiger partial charge in [-0.1, -0.05) is 0 Å². The molecule has 1 amide bonds. The summed E-state index contributed by atoms with van der Waals surface area (Å²) in [5, 5.41) is 10.5. The van der Waals surface area contributed by atoms with Crippen molar-refractivity contribution in [1.29, 1.82) is 0 Å². The largest absolute Gasteiger partial charge is 0.504 e. The van der Waals surface area contributed by atoms with E-state index in [1.165, 1.54) is 0 Å². The number of Topliss-reactive ketones (excluding diaryl/α,β-unsaturated/α-hetero) is 1. The molecule has 6 nitrogen and oxygen atoms in total. The van der Waals surface area contributed by atoms with Gasteiger partial charge in [-0.05, 0) is 36.1 Å². The first-order valence-electron chi connectivity index (χ1n) is 7.80. The summed E-state index contributed by atoms with van der Waals surface area (Å²) in [5.41, 5.74) is 1.71. The van der Waals surface area contributed by atoms with Gasteiger partial charge in [-0.15, -0.1) is 0 Å². The third kappa shape index (κ3) is 1.48. The summed E-state index contributed by atoms with van der Waals surface area (Å²) >= 11 is 0. The molecule has 4 aliphatic rings. The van der Waals surface area contributed by atoms with Crippen LogP contribution in [-0.4, -0.2) is 40.6 Å². The van der Waals surface area contributed by atoms with Gasteiger partial charge >= 0.3 is 0 Å². The van der Waals surface area contributed by atoms with Crippen molar-refractivity contribution in [3.8, 4) is 11.5 Å². The minimum Gasteiger partial charge on any atom is -0.504 e. The molecule has 3 aliphatic heterocycles. The fourth-order valence-electron chi connectivity index (χ4n) is 4.44. The van der Waals surface area contributed by atoms with Gasteiger partial charge in [-0.25, -0.2) is 0 Å². The van der Waals surface area contributed by atoms with E-state index in [-0.39, 0.29) is 30.7 Å². The summed E-state index contributed by atoms with van der Waals surface area (Å²) in [6.07, 6.45) is 1.84. The van der Waals surface area contributed by atoms with Crippen molar-refractivity contribution < 1.29 is 24.2 Å². The quantitative estimate of drug-likeness (QED) is 0.787. The number of carbonyl (C=O) groups is 2. The molecular formula is C17H15NO5. The highest BCUT2D eigenvalue weighted by Gasteiger charge is 2.56. The lowest BCUT2D eigenvalue weighted by Crippen LogP contribution is -2.45. The molecular weight excluding hydrogens is 298 g/mol. The highest BCUT2D eigenvalue weighted by Crippen LogP contribution is 2.53. The molecule has 1 spiro atoms. The molecule has 1 N–H and O–H groups in total. The number of amides is 1. The number of ketones is 1. The van der Waals surface area contributed by atoms with Crippen LogP contribution in [0.25, 0.3) is 5.57 Å². The lowest BCUT2D eigenvalue weighted by atomic mass is 9.83. The molecule has 0 radical (unpaired) electrons. The molecule has 1 aromatic rings. The summed E-state index contributed by atoms with van der Waals surface area (Å²) in [7, 11) is 0. The maximum atomic E-state index is 12.3. The zero-order valence-corrected chi connectivity index (χ0v) is 12.4. The average molecular weight is 313 g/mol. The number of nitrogens with zero attached hydrogens (tertiary/aromatic N) is 1. The second kappa shape index (κ2) is 4.07. The molecule has 0 unspecified atom stereocenters. The summed E-state index contributed by atoms with van der Waals surface area (Å²) in [4.78, 5) is 26.4. The highest BCUT2D eigenvalue weighted by molar-refractivity contribution is 6.11. The number of rotatable bonds is 0. The Bertz CT molecular complexity index is 811. The second-order valence-electron chi connectivity index (χ2n) is 6.51. The third-order valence-corrected chi connectivity index (χ3v) is 5.46. The first-order valence-corrected chi connectivity index (χ1v) is 7.80. The molecule has 0 bridgehead atoms. The average Bonchev–Trinajstić information content (AvgIpc) is 3.14. The number of allylic oxidation sites excluding steroid dienone is 1. The minimum atomic E-state index is -0.683. The van der Waals surface area contributed by atoms with Gasteiger partial charge in [-0.3, -0.25) is 9.59 Å². The number of benzene rings is 1. The Labute approximate surface area is 132 Å². The Morgan fingerprint density at radius 1 is 1.13 bits per heavy atom. The zero-order valence-electron chi connectivity index (χ0n) is 12.4. The molecule has 3 heterocycles. The summed E-state index contributed by atoms with van der Waals surface area (Å²) in [5.74, 6) is 0.863. The van der Waals surface area contributed by atoms with Gasteiger partial charge in [-0.2, -0.15) is 0 Å². The van der Waals surface area contributed by atoms with Crippen molar-refractivity contribution >= 4 is 17.3 Å². The van der Waals surface area contributed by atoms with E-state index in [4.69, 9.17) is 9.47 Å². The lowest BCUT2D eigenvalue weighted by molar-refractivity contribution is -0.130. The van der Waals surface area contributed by atoms with Crippen molar-refractivity contribution in [2.24, 2.45) is 0 Å². The fourth-order valence-corrected chi connectivity index (χ4v) is 4.44.